The first-order valence-corrected chi connectivity index (χ1v) is 11.4. The van der Waals surface area contributed by atoms with Gasteiger partial charge in [0.05, 0.1) is 6.04 Å². The Morgan fingerprint density at radius 2 is 2.03 bits per heavy atom. The van der Waals surface area contributed by atoms with E-state index in [1.165, 1.54) is 24.5 Å². The second-order valence-corrected chi connectivity index (χ2v) is 9.14. The first-order chi connectivity index (χ1) is 16.5. The van der Waals surface area contributed by atoms with Gasteiger partial charge in [0.2, 0.25) is 5.91 Å². The van der Waals surface area contributed by atoms with Crippen LogP contribution in [0.2, 0.25) is 5.02 Å². The first kappa shape index (κ1) is 20.8. The summed E-state index contributed by atoms with van der Waals surface area (Å²) in [6, 6.07) is 10.7. The Balaban J connectivity index is 1.49. The molecule has 0 spiro atoms. The molecule has 6 rings (SSSR count). The SMILES string of the molecule is O=C(CC1CC1)Nc1cc(-c2ccc3ncnn3c2)cc2c1C(c1cc(F)ccc1Cl)NC2=O. The molecular formula is C25H19ClFN5O2. The molecule has 0 bridgehead atoms. The molecule has 2 N–H and O–H groups in total. The van der Waals surface area contributed by atoms with Gasteiger partial charge in [-0.1, -0.05) is 11.6 Å². The van der Waals surface area contributed by atoms with Gasteiger partial charge in [-0.05, 0) is 66.8 Å². The zero-order valence-electron chi connectivity index (χ0n) is 17.9. The summed E-state index contributed by atoms with van der Waals surface area (Å²) < 4.78 is 15.7. The third-order valence-corrected chi connectivity index (χ3v) is 6.65. The van der Waals surface area contributed by atoms with Crippen LogP contribution < -0.4 is 10.6 Å². The highest BCUT2D eigenvalue weighted by atomic mass is 35.5. The lowest BCUT2D eigenvalue weighted by atomic mass is 9.93. The van der Waals surface area contributed by atoms with Crippen molar-refractivity contribution in [2.75, 3.05) is 5.32 Å². The van der Waals surface area contributed by atoms with Crippen LogP contribution in [0.1, 0.15) is 46.8 Å². The summed E-state index contributed by atoms with van der Waals surface area (Å²) in [5.74, 6) is -0.489. The quantitative estimate of drug-likeness (QED) is 0.435. The highest BCUT2D eigenvalue weighted by Gasteiger charge is 2.35. The van der Waals surface area contributed by atoms with Crippen LogP contribution in [0.5, 0.6) is 0 Å². The number of pyridine rings is 1. The summed E-state index contributed by atoms with van der Waals surface area (Å²) in [7, 11) is 0. The molecule has 2 amide bonds. The average Bonchev–Trinajstić information content (AvgIpc) is 3.38. The molecule has 1 aliphatic carbocycles. The molecule has 2 aliphatic rings. The fourth-order valence-electron chi connectivity index (χ4n) is 4.45. The van der Waals surface area contributed by atoms with Crippen LogP contribution in [0.4, 0.5) is 10.1 Å². The Morgan fingerprint density at radius 3 is 2.85 bits per heavy atom. The number of hydrogen-bond donors (Lipinski definition) is 2. The Hall–Kier alpha value is -3.78. The molecule has 0 radical (unpaired) electrons. The van der Waals surface area contributed by atoms with E-state index < -0.39 is 11.9 Å². The lowest BCUT2D eigenvalue weighted by Gasteiger charge is -2.19. The normalized spacial score (nSPS) is 17.0. The van der Waals surface area contributed by atoms with Crippen LogP contribution in [0.15, 0.2) is 55.0 Å². The molecule has 7 nitrogen and oxygen atoms in total. The van der Waals surface area contributed by atoms with Crippen molar-refractivity contribution >= 4 is 34.7 Å². The van der Waals surface area contributed by atoms with Gasteiger partial charge in [0.1, 0.15) is 12.1 Å². The lowest BCUT2D eigenvalue weighted by molar-refractivity contribution is -0.116. The zero-order valence-corrected chi connectivity index (χ0v) is 18.6. The molecule has 0 saturated heterocycles. The van der Waals surface area contributed by atoms with Crippen molar-refractivity contribution in [3.63, 3.8) is 0 Å². The number of carbonyl (C=O) groups excluding carboxylic acids is 2. The molecule has 1 unspecified atom stereocenters. The first-order valence-electron chi connectivity index (χ1n) is 11.0. The largest absolute Gasteiger partial charge is 0.341 e. The van der Waals surface area contributed by atoms with Crippen LogP contribution in [0, 0.1) is 11.7 Å². The third-order valence-electron chi connectivity index (χ3n) is 6.31. The molecule has 1 fully saturated rings. The van der Waals surface area contributed by atoms with Crippen molar-refractivity contribution in [1.29, 1.82) is 0 Å². The van der Waals surface area contributed by atoms with Crippen molar-refractivity contribution in [3.8, 4) is 11.1 Å². The molecule has 2 aromatic heterocycles. The van der Waals surface area contributed by atoms with E-state index in [-0.39, 0.29) is 11.8 Å². The molecule has 1 atom stereocenters. The number of amides is 2. The molecule has 4 aromatic rings. The molecule has 2 aromatic carbocycles. The highest BCUT2D eigenvalue weighted by Crippen LogP contribution is 2.42. The van der Waals surface area contributed by atoms with Crippen molar-refractivity contribution in [1.82, 2.24) is 19.9 Å². The minimum atomic E-state index is -0.686. The lowest BCUT2D eigenvalue weighted by Crippen LogP contribution is -2.21. The van der Waals surface area contributed by atoms with E-state index in [0.717, 1.165) is 24.0 Å². The molecule has 3 heterocycles. The molecule has 170 valence electrons. The van der Waals surface area contributed by atoms with Crippen molar-refractivity contribution in [3.05, 3.63) is 82.5 Å². The topological polar surface area (TPSA) is 88.4 Å². The predicted molar refractivity (Wildman–Crippen MR) is 125 cm³/mol. The number of rotatable bonds is 5. The Morgan fingerprint density at radius 1 is 1.18 bits per heavy atom. The molecule has 34 heavy (non-hydrogen) atoms. The maximum absolute atomic E-state index is 14.1. The highest BCUT2D eigenvalue weighted by molar-refractivity contribution is 6.31. The van der Waals surface area contributed by atoms with E-state index in [9.17, 15) is 14.0 Å². The van der Waals surface area contributed by atoms with Gasteiger partial charge in [-0.25, -0.2) is 13.9 Å². The smallest absolute Gasteiger partial charge is 0.252 e. The van der Waals surface area contributed by atoms with Gasteiger partial charge in [0.25, 0.3) is 5.91 Å². The molecule has 1 aliphatic heterocycles. The van der Waals surface area contributed by atoms with Gasteiger partial charge in [-0.15, -0.1) is 0 Å². The van der Waals surface area contributed by atoms with Gasteiger partial charge in [0, 0.05) is 45.6 Å². The van der Waals surface area contributed by atoms with Crippen LogP contribution in [0.25, 0.3) is 16.8 Å². The molecule has 9 heteroatoms. The number of nitrogens with zero attached hydrogens (tertiary/aromatic N) is 3. The van der Waals surface area contributed by atoms with Crippen molar-refractivity contribution < 1.29 is 14.0 Å². The molecular weight excluding hydrogens is 457 g/mol. The van der Waals surface area contributed by atoms with Gasteiger partial charge in [0.15, 0.2) is 5.65 Å². The Bertz CT molecular complexity index is 1480. The minimum absolute atomic E-state index is 0.114. The number of benzene rings is 2. The number of anilines is 1. The summed E-state index contributed by atoms with van der Waals surface area (Å²) in [6.45, 7) is 0. The fraction of sp³-hybridized carbons (Fsp3) is 0.200. The summed E-state index contributed by atoms with van der Waals surface area (Å²) in [5, 5.41) is 10.4. The summed E-state index contributed by atoms with van der Waals surface area (Å²) in [5.41, 5.74) is 4.15. The fourth-order valence-corrected chi connectivity index (χ4v) is 4.67. The summed E-state index contributed by atoms with van der Waals surface area (Å²) in [6.07, 6.45) is 5.80. The van der Waals surface area contributed by atoms with Gasteiger partial charge < -0.3 is 10.6 Å². The number of hydrogen-bond acceptors (Lipinski definition) is 4. The monoisotopic (exact) mass is 475 g/mol. The number of carbonyl (C=O) groups is 2. The van der Waals surface area contributed by atoms with Gasteiger partial charge >= 0.3 is 0 Å². The van der Waals surface area contributed by atoms with Gasteiger partial charge in [-0.3, -0.25) is 9.59 Å². The van der Waals surface area contributed by atoms with Crippen LogP contribution in [0.3, 0.4) is 0 Å². The Kier molecular flexibility index (Phi) is 4.84. The standard InChI is InChI=1S/C25H19ClFN5O2/c26-19-5-4-16(27)10-17(19)24-23-18(25(34)31-24)8-15(9-20(23)30-22(33)7-13-1-2-13)14-3-6-21-28-12-29-32(21)11-14/h3-6,8-13,24H,1-2,7H2,(H,30,33)(H,31,34). The zero-order chi connectivity index (χ0) is 23.4. The number of fused-ring (bicyclic) bond motifs is 2. The van der Waals surface area contributed by atoms with E-state index in [2.05, 4.69) is 20.7 Å². The van der Waals surface area contributed by atoms with E-state index >= 15 is 0 Å². The molecule has 1 saturated carbocycles. The van der Waals surface area contributed by atoms with Crippen LogP contribution in [-0.2, 0) is 4.79 Å². The van der Waals surface area contributed by atoms with Crippen molar-refractivity contribution in [2.45, 2.75) is 25.3 Å². The maximum atomic E-state index is 14.1. The maximum Gasteiger partial charge on any atom is 0.252 e. The van der Waals surface area contributed by atoms with E-state index in [1.54, 1.807) is 10.6 Å². The second-order valence-electron chi connectivity index (χ2n) is 8.73. The van der Waals surface area contributed by atoms with E-state index in [4.69, 9.17) is 11.6 Å². The number of halogens is 2. The van der Waals surface area contributed by atoms with E-state index in [0.29, 0.717) is 45.4 Å². The second kappa shape index (κ2) is 7.92. The Labute approximate surface area is 199 Å². The minimum Gasteiger partial charge on any atom is -0.341 e. The van der Waals surface area contributed by atoms with Crippen LogP contribution in [-0.4, -0.2) is 26.4 Å². The third kappa shape index (κ3) is 3.70. The predicted octanol–water partition coefficient (Wildman–Crippen LogP) is 4.76. The van der Waals surface area contributed by atoms with Gasteiger partial charge in [-0.2, -0.15) is 5.10 Å². The van der Waals surface area contributed by atoms with Crippen molar-refractivity contribution in [2.24, 2.45) is 5.92 Å². The summed E-state index contributed by atoms with van der Waals surface area (Å²) >= 11 is 6.38. The number of aromatic nitrogens is 3. The summed E-state index contributed by atoms with van der Waals surface area (Å²) in [4.78, 5) is 30.0. The van der Waals surface area contributed by atoms with Crippen LogP contribution >= 0.6 is 11.6 Å². The average molecular weight is 476 g/mol. The van der Waals surface area contributed by atoms with E-state index in [1.807, 2.05) is 24.4 Å². The number of nitrogens with one attached hydrogen (secondary N) is 2.